The van der Waals surface area contributed by atoms with Crippen molar-refractivity contribution in [3.63, 3.8) is 0 Å². The Morgan fingerprint density at radius 1 is 1.76 bits per heavy atom. The Balaban J connectivity index is 2.85. The Morgan fingerprint density at radius 2 is 2.53 bits per heavy atom. The highest BCUT2D eigenvalue weighted by Crippen LogP contribution is 2.11. The third-order valence-corrected chi connectivity index (χ3v) is 2.34. The molecular weight excluding hydrogens is 268 g/mol. The van der Waals surface area contributed by atoms with E-state index in [9.17, 15) is 9.59 Å². The van der Waals surface area contributed by atoms with Crippen LogP contribution in [0.3, 0.4) is 0 Å². The summed E-state index contributed by atoms with van der Waals surface area (Å²) >= 11 is 2.20. The zero-order valence-electron chi connectivity index (χ0n) is 8.61. The van der Waals surface area contributed by atoms with Crippen LogP contribution < -0.4 is 5.32 Å². The Bertz CT molecular complexity index is 433. The lowest BCUT2D eigenvalue weighted by Crippen LogP contribution is -2.16. The van der Waals surface area contributed by atoms with Gasteiger partial charge in [-0.15, -0.1) is 11.8 Å². The number of nitrogens with one attached hydrogen (secondary N) is 1. The fourth-order valence-corrected chi connectivity index (χ4v) is 1.43. The van der Waals surface area contributed by atoms with E-state index in [-0.39, 0.29) is 16.9 Å². The summed E-state index contributed by atoms with van der Waals surface area (Å²) in [6.45, 7) is 0. The van der Waals surface area contributed by atoms with E-state index in [0.29, 0.717) is 6.41 Å². The second kappa shape index (κ2) is 6.81. The number of carbonyl (C=O) groups is 2. The van der Waals surface area contributed by atoms with Gasteiger partial charge in [0.2, 0.25) is 23.1 Å². The average Bonchev–Trinajstić information content (AvgIpc) is 2.73. The largest absolute Gasteiger partial charge is 0.476 e. The molecule has 0 aliphatic carbocycles. The minimum Gasteiger partial charge on any atom is -0.476 e. The van der Waals surface area contributed by atoms with E-state index in [2.05, 4.69) is 19.8 Å². The van der Waals surface area contributed by atoms with Crippen LogP contribution in [-0.2, 0) is 14.4 Å². The number of rotatable bonds is 7. The number of hydrogen-bond acceptors (Lipinski definition) is 8. The quantitative estimate of drug-likeness (QED) is 0.241. The molecule has 0 aromatic carbocycles. The van der Waals surface area contributed by atoms with Crippen molar-refractivity contribution in [2.75, 3.05) is 17.5 Å². The van der Waals surface area contributed by atoms with Crippen molar-refractivity contribution in [3.8, 4) is 0 Å². The predicted molar refractivity (Wildman–Crippen MR) is 63.2 cm³/mol. The van der Waals surface area contributed by atoms with Crippen LogP contribution in [0.2, 0.25) is 0 Å². The van der Waals surface area contributed by atoms with Crippen molar-refractivity contribution in [1.29, 1.82) is 0 Å². The van der Waals surface area contributed by atoms with Gasteiger partial charge in [-0.3, -0.25) is 4.79 Å². The Kier molecular flexibility index (Phi) is 5.36. The predicted octanol–water partition coefficient (Wildman–Crippen LogP) is 0.232. The number of anilines is 1. The molecule has 2 N–H and O–H groups in total. The number of carbonyl (C=O) groups excluding carboxylic acids is 1. The maximum atomic E-state index is 10.9. The van der Waals surface area contributed by atoms with E-state index in [1.807, 2.05) is 0 Å². The molecule has 8 nitrogen and oxygen atoms in total. The van der Waals surface area contributed by atoms with Crippen LogP contribution in [0, 0.1) is 0 Å². The molecule has 1 amide bonds. The zero-order valence-corrected chi connectivity index (χ0v) is 10.2. The van der Waals surface area contributed by atoms with Crippen LogP contribution in [0.4, 0.5) is 5.13 Å². The number of carboxylic acids is 1. The molecule has 0 saturated carbocycles. The number of nitrogens with zero attached hydrogens (tertiary/aromatic N) is 3. The second-order valence-corrected chi connectivity index (χ2v) is 4.03. The van der Waals surface area contributed by atoms with Crippen LogP contribution in [0.1, 0.15) is 5.82 Å². The molecule has 1 rings (SSSR count). The van der Waals surface area contributed by atoms with Crippen LogP contribution in [0.5, 0.6) is 0 Å². The minimum absolute atomic E-state index is 0.104. The van der Waals surface area contributed by atoms with Crippen molar-refractivity contribution < 1.29 is 19.5 Å². The standard InChI is InChI=1S/C7H8N4O4S2/c1-16-3-15-10-4(6(13)14)5-9-7(8-2-12)17-11-5/h2H,3H2,1H3,(H,13,14)(H,8,9,11,12)/b10-4-. The first-order valence-electron chi connectivity index (χ1n) is 4.15. The van der Waals surface area contributed by atoms with E-state index in [0.717, 1.165) is 11.5 Å². The molecule has 0 spiro atoms. The summed E-state index contributed by atoms with van der Waals surface area (Å²) < 4.78 is 3.75. The summed E-state index contributed by atoms with van der Waals surface area (Å²) in [4.78, 5) is 29.5. The lowest BCUT2D eigenvalue weighted by Gasteiger charge is -1.97. The first-order valence-corrected chi connectivity index (χ1v) is 6.32. The van der Waals surface area contributed by atoms with Gasteiger partial charge in [0.25, 0.3) is 0 Å². The van der Waals surface area contributed by atoms with Crippen molar-refractivity contribution in [3.05, 3.63) is 5.82 Å². The highest BCUT2D eigenvalue weighted by atomic mass is 32.2. The molecule has 0 radical (unpaired) electrons. The Labute approximate surface area is 104 Å². The van der Waals surface area contributed by atoms with Gasteiger partial charge < -0.3 is 15.3 Å². The number of aliphatic carboxylic acids is 1. The van der Waals surface area contributed by atoms with Gasteiger partial charge >= 0.3 is 5.97 Å². The van der Waals surface area contributed by atoms with Crippen molar-refractivity contribution >= 4 is 46.5 Å². The molecule has 0 saturated heterocycles. The molecule has 1 aromatic rings. The Morgan fingerprint density at radius 3 is 3.12 bits per heavy atom. The van der Waals surface area contributed by atoms with Crippen molar-refractivity contribution in [2.45, 2.75) is 0 Å². The average molecular weight is 276 g/mol. The summed E-state index contributed by atoms with van der Waals surface area (Å²) in [5, 5.41) is 14.7. The number of hydrogen-bond donors (Lipinski definition) is 2. The van der Waals surface area contributed by atoms with Crippen molar-refractivity contribution in [2.24, 2.45) is 5.16 Å². The van der Waals surface area contributed by atoms with E-state index in [1.54, 1.807) is 6.26 Å². The molecule has 0 fully saturated rings. The molecule has 0 bridgehead atoms. The second-order valence-electron chi connectivity index (χ2n) is 2.47. The number of amides is 1. The molecule has 0 aliphatic rings. The normalized spacial score (nSPS) is 11.0. The van der Waals surface area contributed by atoms with Crippen LogP contribution >= 0.6 is 23.3 Å². The van der Waals surface area contributed by atoms with E-state index in [1.165, 1.54) is 11.8 Å². The van der Waals surface area contributed by atoms with E-state index >= 15 is 0 Å². The molecule has 1 aromatic heterocycles. The molecule has 0 aliphatic heterocycles. The molecule has 17 heavy (non-hydrogen) atoms. The van der Waals surface area contributed by atoms with Gasteiger partial charge in [-0.2, -0.15) is 9.36 Å². The molecule has 92 valence electrons. The monoisotopic (exact) mass is 276 g/mol. The fraction of sp³-hybridized carbons (Fsp3) is 0.286. The third kappa shape index (κ3) is 4.00. The number of aromatic nitrogens is 2. The van der Waals surface area contributed by atoms with Gasteiger partial charge in [0.1, 0.15) is 0 Å². The first kappa shape index (κ1) is 13.4. The van der Waals surface area contributed by atoms with Crippen LogP contribution in [-0.4, -0.2) is 44.7 Å². The lowest BCUT2D eigenvalue weighted by molar-refractivity contribution is -0.129. The lowest BCUT2D eigenvalue weighted by atomic mass is 10.4. The number of carboxylic acid groups (broad SMARTS) is 1. The van der Waals surface area contributed by atoms with Gasteiger partial charge in [-0.25, -0.2) is 4.79 Å². The van der Waals surface area contributed by atoms with Crippen molar-refractivity contribution in [1.82, 2.24) is 9.36 Å². The SMILES string of the molecule is CSCO/N=C(\C(=O)O)c1nsc(NC=O)n1. The number of oxime groups is 1. The first-order chi connectivity index (χ1) is 8.19. The van der Waals surface area contributed by atoms with Gasteiger partial charge in [-0.1, -0.05) is 5.16 Å². The fourth-order valence-electron chi connectivity index (χ4n) is 0.748. The topological polar surface area (TPSA) is 114 Å². The van der Waals surface area contributed by atoms with E-state index in [4.69, 9.17) is 9.94 Å². The van der Waals surface area contributed by atoms with Crippen LogP contribution in [0.25, 0.3) is 0 Å². The third-order valence-electron chi connectivity index (χ3n) is 1.35. The number of thioether (sulfide) groups is 1. The van der Waals surface area contributed by atoms with Gasteiger partial charge in [-0.05, 0) is 6.26 Å². The smallest absolute Gasteiger partial charge is 0.362 e. The zero-order chi connectivity index (χ0) is 12.7. The van der Waals surface area contributed by atoms with Gasteiger partial charge in [0.05, 0.1) is 0 Å². The molecule has 0 atom stereocenters. The highest BCUT2D eigenvalue weighted by molar-refractivity contribution is 7.98. The van der Waals surface area contributed by atoms with Crippen LogP contribution in [0.15, 0.2) is 5.16 Å². The maximum Gasteiger partial charge on any atom is 0.362 e. The molecule has 0 unspecified atom stereocenters. The summed E-state index contributed by atoms with van der Waals surface area (Å²) in [7, 11) is 0. The highest BCUT2D eigenvalue weighted by Gasteiger charge is 2.19. The molecular formula is C7H8N4O4S2. The molecule has 1 heterocycles. The molecule has 10 heteroatoms. The summed E-state index contributed by atoms with van der Waals surface area (Å²) in [6, 6.07) is 0. The Hall–Kier alpha value is -1.68. The minimum atomic E-state index is -1.30. The van der Waals surface area contributed by atoms with Gasteiger partial charge in [0, 0.05) is 11.5 Å². The summed E-state index contributed by atoms with van der Waals surface area (Å²) in [6.07, 6.45) is 2.20. The maximum absolute atomic E-state index is 10.9. The van der Waals surface area contributed by atoms with E-state index < -0.39 is 11.7 Å². The summed E-state index contributed by atoms with van der Waals surface area (Å²) in [5.41, 5.74) is -0.408. The summed E-state index contributed by atoms with van der Waals surface area (Å²) in [5.74, 6) is -1.19. The van der Waals surface area contributed by atoms with Gasteiger partial charge in [0.15, 0.2) is 5.94 Å².